The van der Waals surface area contributed by atoms with Gasteiger partial charge in [-0.15, -0.1) is 0 Å². The Kier molecular flexibility index (Phi) is 6.50. The molecule has 1 N–H and O–H groups in total. The lowest BCUT2D eigenvalue weighted by atomic mass is 9.95. The van der Waals surface area contributed by atoms with Crippen LogP contribution >= 0.6 is 0 Å². The molecule has 3 heteroatoms. The van der Waals surface area contributed by atoms with E-state index in [4.69, 9.17) is 0 Å². The smallest absolute Gasteiger partial charge is 0.0362 e. The molecule has 0 bridgehead atoms. The van der Waals surface area contributed by atoms with Crippen LogP contribution in [0.15, 0.2) is 0 Å². The molecule has 0 aromatic heterocycles. The Bertz CT molecular complexity index is 196. The summed E-state index contributed by atoms with van der Waals surface area (Å²) in [4.78, 5) is 0. The van der Waals surface area contributed by atoms with Crippen molar-refractivity contribution in [3.05, 3.63) is 0 Å². The first-order valence-electron chi connectivity index (χ1n) is 6.38. The van der Waals surface area contributed by atoms with Gasteiger partial charge in [0, 0.05) is 27.8 Å². The maximum absolute atomic E-state index is 11.9. The second-order valence-corrected chi connectivity index (χ2v) is 6.36. The first-order chi connectivity index (χ1) is 7.27. The molecule has 0 heterocycles. The Hall–Kier alpha value is 0.110. The van der Waals surface area contributed by atoms with Gasteiger partial charge in [0.2, 0.25) is 0 Å². The zero-order valence-electron chi connectivity index (χ0n) is 10.1. The second kappa shape index (κ2) is 7.39. The fourth-order valence-corrected chi connectivity index (χ4v) is 3.90. The molecule has 1 aliphatic carbocycles. The third kappa shape index (κ3) is 4.64. The Balaban J connectivity index is 2.31. The van der Waals surface area contributed by atoms with Crippen LogP contribution in [-0.4, -0.2) is 27.8 Å². The lowest BCUT2D eigenvalue weighted by Gasteiger charge is -2.29. The van der Waals surface area contributed by atoms with Crippen LogP contribution in [0.2, 0.25) is 0 Å². The van der Waals surface area contributed by atoms with Crippen molar-refractivity contribution in [1.82, 2.24) is 5.32 Å². The van der Waals surface area contributed by atoms with E-state index in [0.29, 0.717) is 11.3 Å². The van der Waals surface area contributed by atoms with Gasteiger partial charge in [0.15, 0.2) is 0 Å². The molecule has 3 unspecified atom stereocenters. The van der Waals surface area contributed by atoms with Gasteiger partial charge in [-0.25, -0.2) is 0 Å². The van der Waals surface area contributed by atoms with Gasteiger partial charge in [-0.1, -0.05) is 20.3 Å². The summed E-state index contributed by atoms with van der Waals surface area (Å²) in [6, 6.07) is 0.629. The van der Waals surface area contributed by atoms with Crippen molar-refractivity contribution in [2.75, 3.05) is 12.3 Å². The highest BCUT2D eigenvalue weighted by Gasteiger charge is 2.25. The maximum Gasteiger partial charge on any atom is 0.0362 e. The Morgan fingerprint density at radius 2 is 2.07 bits per heavy atom. The summed E-state index contributed by atoms with van der Waals surface area (Å²) in [5.74, 6) is 0.894. The van der Waals surface area contributed by atoms with Crippen molar-refractivity contribution in [1.29, 1.82) is 0 Å². The van der Waals surface area contributed by atoms with Crippen molar-refractivity contribution in [3.8, 4) is 0 Å². The molecular formula is C12H25NOS. The summed E-state index contributed by atoms with van der Waals surface area (Å²) in [5.41, 5.74) is 0. The summed E-state index contributed by atoms with van der Waals surface area (Å²) in [5, 5.41) is 4.03. The normalized spacial score (nSPS) is 28.9. The van der Waals surface area contributed by atoms with E-state index >= 15 is 0 Å². The van der Waals surface area contributed by atoms with Gasteiger partial charge in [-0.3, -0.25) is 4.21 Å². The highest BCUT2D eigenvalue weighted by atomic mass is 32.2. The van der Waals surface area contributed by atoms with Gasteiger partial charge in [-0.2, -0.15) is 0 Å². The van der Waals surface area contributed by atoms with Crippen molar-refractivity contribution in [3.63, 3.8) is 0 Å². The highest BCUT2D eigenvalue weighted by molar-refractivity contribution is 7.85. The molecule has 1 fully saturated rings. The molecule has 0 saturated heterocycles. The van der Waals surface area contributed by atoms with Gasteiger partial charge in [0.1, 0.15) is 0 Å². The van der Waals surface area contributed by atoms with Crippen LogP contribution < -0.4 is 5.32 Å². The maximum atomic E-state index is 11.9. The molecule has 90 valence electrons. The van der Waals surface area contributed by atoms with E-state index in [1.807, 2.05) is 0 Å². The van der Waals surface area contributed by atoms with Crippen LogP contribution in [0.4, 0.5) is 0 Å². The topological polar surface area (TPSA) is 29.1 Å². The molecule has 0 aliphatic heterocycles. The molecule has 0 radical (unpaired) electrons. The average Bonchev–Trinajstić information content (AvgIpc) is 2.27. The SMILES string of the molecule is CCCNC1CCCC(S(=O)CCC)C1. The predicted octanol–water partition coefficient (Wildman–Crippen LogP) is 2.46. The summed E-state index contributed by atoms with van der Waals surface area (Å²) >= 11 is 0. The molecule has 0 aromatic rings. The average molecular weight is 231 g/mol. The number of nitrogens with one attached hydrogen (secondary N) is 1. The van der Waals surface area contributed by atoms with Crippen molar-refractivity contribution in [2.24, 2.45) is 0 Å². The number of rotatable bonds is 6. The van der Waals surface area contributed by atoms with Crippen molar-refractivity contribution >= 4 is 10.8 Å². The molecule has 0 spiro atoms. The van der Waals surface area contributed by atoms with Crippen molar-refractivity contribution < 1.29 is 4.21 Å². The first-order valence-corrected chi connectivity index (χ1v) is 7.76. The van der Waals surface area contributed by atoms with Gasteiger partial charge in [-0.05, 0) is 38.6 Å². The summed E-state index contributed by atoms with van der Waals surface area (Å²) in [7, 11) is -0.573. The molecule has 0 amide bonds. The fourth-order valence-electron chi connectivity index (χ4n) is 2.29. The van der Waals surface area contributed by atoms with Crippen LogP contribution in [0.3, 0.4) is 0 Å². The lowest BCUT2D eigenvalue weighted by Crippen LogP contribution is -2.38. The minimum Gasteiger partial charge on any atom is -0.314 e. The van der Waals surface area contributed by atoms with Crippen LogP contribution in [0.25, 0.3) is 0 Å². The summed E-state index contributed by atoms with van der Waals surface area (Å²) in [6.07, 6.45) is 7.08. The van der Waals surface area contributed by atoms with E-state index < -0.39 is 10.8 Å². The minimum absolute atomic E-state index is 0.466. The molecule has 15 heavy (non-hydrogen) atoms. The van der Waals surface area contributed by atoms with Gasteiger partial charge < -0.3 is 5.32 Å². The van der Waals surface area contributed by atoms with Crippen LogP contribution in [-0.2, 0) is 10.8 Å². The molecule has 1 aliphatic rings. The Morgan fingerprint density at radius 3 is 2.73 bits per heavy atom. The summed E-state index contributed by atoms with van der Waals surface area (Å²) in [6.45, 7) is 5.42. The zero-order chi connectivity index (χ0) is 11.1. The fraction of sp³-hybridized carbons (Fsp3) is 1.00. The first kappa shape index (κ1) is 13.2. The number of hydrogen-bond acceptors (Lipinski definition) is 2. The minimum atomic E-state index is -0.573. The largest absolute Gasteiger partial charge is 0.314 e. The molecule has 2 nitrogen and oxygen atoms in total. The standard InChI is InChI=1S/C12H25NOS/c1-3-8-13-11-6-5-7-12(10-11)15(14)9-4-2/h11-13H,3-10H2,1-2H3. The highest BCUT2D eigenvalue weighted by Crippen LogP contribution is 2.23. The van der Waals surface area contributed by atoms with E-state index in [9.17, 15) is 4.21 Å². The lowest BCUT2D eigenvalue weighted by molar-refractivity contribution is 0.377. The van der Waals surface area contributed by atoms with Gasteiger partial charge in [0.25, 0.3) is 0 Å². The van der Waals surface area contributed by atoms with Crippen molar-refractivity contribution in [2.45, 2.75) is 63.7 Å². The third-order valence-corrected chi connectivity index (χ3v) is 5.07. The van der Waals surface area contributed by atoms with E-state index in [2.05, 4.69) is 19.2 Å². The van der Waals surface area contributed by atoms with Gasteiger partial charge in [0.05, 0.1) is 0 Å². The molecule has 0 aromatic carbocycles. The predicted molar refractivity (Wildman–Crippen MR) is 67.6 cm³/mol. The van der Waals surface area contributed by atoms with Gasteiger partial charge >= 0.3 is 0 Å². The number of hydrogen-bond donors (Lipinski definition) is 1. The van der Waals surface area contributed by atoms with E-state index in [-0.39, 0.29) is 0 Å². The molecule has 1 saturated carbocycles. The third-order valence-electron chi connectivity index (χ3n) is 3.09. The molecule has 3 atom stereocenters. The quantitative estimate of drug-likeness (QED) is 0.761. The second-order valence-electron chi connectivity index (χ2n) is 4.52. The Labute approximate surface area is 96.7 Å². The van der Waals surface area contributed by atoms with Crippen LogP contribution in [0.1, 0.15) is 52.4 Å². The van der Waals surface area contributed by atoms with E-state index in [1.54, 1.807) is 0 Å². The Morgan fingerprint density at radius 1 is 1.27 bits per heavy atom. The molecule has 1 rings (SSSR count). The van der Waals surface area contributed by atoms with E-state index in [0.717, 1.165) is 25.1 Å². The van der Waals surface area contributed by atoms with Crippen LogP contribution in [0.5, 0.6) is 0 Å². The zero-order valence-corrected chi connectivity index (χ0v) is 10.9. The molecular weight excluding hydrogens is 206 g/mol. The summed E-state index contributed by atoms with van der Waals surface area (Å²) < 4.78 is 11.9. The monoisotopic (exact) mass is 231 g/mol. The van der Waals surface area contributed by atoms with Crippen LogP contribution in [0, 0.1) is 0 Å². The van der Waals surface area contributed by atoms with E-state index in [1.165, 1.54) is 25.7 Å².